The Hall–Kier alpha value is -2.20. The number of carbonyl (C=O) groups excluding carboxylic acids is 1. The van der Waals surface area contributed by atoms with Gasteiger partial charge in [0.15, 0.2) is 11.5 Å². The van der Waals surface area contributed by atoms with E-state index in [4.69, 9.17) is 15.2 Å². The zero-order valence-corrected chi connectivity index (χ0v) is 19.9. The maximum absolute atomic E-state index is 12.4. The van der Waals surface area contributed by atoms with Crippen molar-refractivity contribution in [1.82, 2.24) is 14.8 Å². The number of ether oxygens (including phenoxy) is 2. The molecule has 1 amide bonds. The van der Waals surface area contributed by atoms with Crippen molar-refractivity contribution in [3.63, 3.8) is 0 Å². The van der Waals surface area contributed by atoms with Crippen LogP contribution in [0.25, 0.3) is 0 Å². The van der Waals surface area contributed by atoms with Gasteiger partial charge in [-0.1, -0.05) is 25.1 Å². The van der Waals surface area contributed by atoms with E-state index >= 15 is 0 Å². The molecule has 1 aliphatic rings. The van der Waals surface area contributed by atoms with E-state index in [2.05, 4.69) is 38.3 Å². The lowest BCUT2D eigenvalue weighted by atomic mass is 9.95. The van der Waals surface area contributed by atoms with Crippen LogP contribution in [-0.4, -0.2) is 40.1 Å². The van der Waals surface area contributed by atoms with Crippen LogP contribution in [0.4, 0.5) is 5.95 Å². The molecule has 30 heavy (non-hydrogen) atoms. The molecule has 1 aromatic heterocycles. The summed E-state index contributed by atoms with van der Waals surface area (Å²) in [4.78, 5) is 17.0. The Morgan fingerprint density at radius 3 is 2.80 bits per heavy atom. The minimum absolute atomic E-state index is 0.427. The number of amides is 1. The third kappa shape index (κ3) is 4.44. The number of fused-ring (bicyclic) bond motifs is 1. The Bertz CT molecular complexity index is 976. The first kappa shape index (κ1) is 22.5. The van der Waals surface area contributed by atoms with Crippen LogP contribution < -0.4 is 20.5 Å². The Morgan fingerprint density at radius 1 is 1.40 bits per heavy atom. The van der Waals surface area contributed by atoms with Crippen molar-refractivity contribution in [2.75, 3.05) is 24.8 Å². The van der Waals surface area contributed by atoms with Gasteiger partial charge in [0.05, 0.1) is 23.8 Å². The normalized spacial score (nSPS) is 15.6. The van der Waals surface area contributed by atoms with E-state index in [9.17, 15) is 4.79 Å². The van der Waals surface area contributed by atoms with E-state index in [0.717, 1.165) is 28.6 Å². The topological polar surface area (TPSA) is 104 Å². The molecule has 2 aromatic rings. The summed E-state index contributed by atoms with van der Waals surface area (Å²) >= 11 is 5.16. The number of benzene rings is 1. The summed E-state index contributed by atoms with van der Waals surface area (Å²) < 4.78 is 13.7. The molecule has 1 aliphatic heterocycles. The summed E-state index contributed by atoms with van der Waals surface area (Å²) in [5, 5.41) is 8.49. The molecule has 1 aromatic carbocycles. The van der Waals surface area contributed by atoms with Gasteiger partial charge in [-0.15, -0.1) is 5.10 Å². The van der Waals surface area contributed by atoms with Crippen LogP contribution in [0.15, 0.2) is 33.0 Å². The van der Waals surface area contributed by atoms with Crippen LogP contribution in [0.3, 0.4) is 0 Å². The van der Waals surface area contributed by atoms with Gasteiger partial charge < -0.3 is 20.5 Å². The number of thioether (sulfide) groups is 1. The van der Waals surface area contributed by atoms with E-state index in [1.807, 2.05) is 26.0 Å². The summed E-state index contributed by atoms with van der Waals surface area (Å²) in [5.74, 6) is 2.15. The summed E-state index contributed by atoms with van der Waals surface area (Å²) in [6, 6.07) is 3.21. The molecule has 0 spiro atoms. The van der Waals surface area contributed by atoms with E-state index in [1.165, 1.54) is 0 Å². The number of hydrogen-bond acceptors (Lipinski definition) is 7. The number of nitrogens with two attached hydrogens (primary N) is 1. The van der Waals surface area contributed by atoms with Crippen molar-refractivity contribution < 1.29 is 14.3 Å². The van der Waals surface area contributed by atoms with Crippen molar-refractivity contribution in [2.45, 2.75) is 44.8 Å². The molecule has 3 rings (SSSR count). The minimum Gasteiger partial charge on any atom is -0.493 e. The summed E-state index contributed by atoms with van der Waals surface area (Å²) in [6.07, 6.45) is 2.19. The second-order valence-corrected chi connectivity index (χ2v) is 8.68. The Balaban J connectivity index is 2.11. The number of hydrogen-bond donors (Lipinski definition) is 2. The van der Waals surface area contributed by atoms with Crippen LogP contribution in [0.2, 0.25) is 0 Å². The molecule has 1 unspecified atom stereocenters. The number of nitrogens with one attached hydrogen (secondary N) is 1. The fraction of sp³-hybridized carbons (Fsp3) is 0.450. The van der Waals surface area contributed by atoms with Crippen molar-refractivity contribution in [1.29, 1.82) is 0 Å². The molecular formula is C20H26BrN5O3S. The molecule has 0 saturated heterocycles. The van der Waals surface area contributed by atoms with Gasteiger partial charge in [-0.05, 0) is 53.9 Å². The van der Waals surface area contributed by atoms with Gasteiger partial charge in [0, 0.05) is 11.4 Å². The summed E-state index contributed by atoms with van der Waals surface area (Å²) in [6.45, 7) is 6.37. The molecule has 3 N–H and O–H groups in total. The molecule has 2 heterocycles. The maximum Gasteiger partial charge on any atom is 0.248 e. The number of carbonyl (C=O) groups is 1. The number of methoxy groups -OCH3 is 1. The van der Waals surface area contributed by atoms with Gasteiger partial charge in [0.1, 0.15) is 6.04 Å². The molecule has 0 fully saturated rings. The molecular weight excluding hydrogens is 470 g/mol. The van der Waals surface area contributed by atoms with Crippen LogP contribution in [0.5, 0.6) is 11.5 Å². The third-order valence-corrected chi connectivity index (χ3v) is 6.20. The predicted molar refractivity (Wildman–Crippen MR) is 121 cm³/mol. The number of aromatic nitrogens is 3. The van der Waals surface area contributed by atoms with Crippen LogP contribution in [0.1, 0.15) is 45.2 Å². The second-order valence-electron chi connectivity index (χ2n) is 6.76. The third-order valence-electron chi connectivity index (χ3n) is 4.68. The number of halogens is 1. The number of nitrogens with zero attached hydrogens (tertiary/aromatic N) is 3. The molecule has 8 nitrogen and oxygen atoms in total. The van der Waals surface area contributed by atoms with Crippen LogP contribution >= 0.6 is 27.7 Å². The highest BCUT2D eigenvalue weighted by atomic mass is 79.9. The number of unbranched alkanes of at least 4 members (excludes halogenated alkanes) is 1. The maximum atomic E-state index is 12.4. The highest BCUT2D eigenvalue weighted by molar-refractivity contribution is 9.10. The fourth-order valence-corrected chi connectivity index (χ4v) is 4.80. The summed E-state index contributed by atoms with van der Waals surface area (Å²) in [5.41, 5.74) is 7.63. The average molecular weight is 496 g/mol. The standard InChI is InChI=1S/C20H26BrN5O3S/c1-5-7-8-30-20-24-19-23-11(3)15(18(22)27)16(26(19)25-20)12-9-13(21)17(29-6-2)14(10-12)28-4/h9-10,16H,5-8H2,1-4H3,(H2,22,27)(H,23,24,25). The van der Waals surface area contributed by atoms with Gasteiger partial charge >= 0.3 is 0 Å². The number of rotatable bonds is 9. The lowest BCUT2D eigenvalue weighted by Crippen LogP contribution is -2.31. The Morgan fingerprint density at radius 2 is 2.17 bits per heavy atom. The van der Waals surface area contributed by atoms with Gasteiger partial charge in [-0.3, -0.25) is 4.79 Å². The quantitative estimate of drug-likeness (QED) is 0.398. The zero-order valence-electron chi connectivity index (χ0n) is 17.5. The first-order valence-electron chi connectivity index (χ1n) is 9.78. The van der Waals surface area contributed by atoms with Gasteiger partial charge in [0.25, 0.3) is 0 Å². The fourth-order valence-electron chi connectivity index (χ4n) is 3.31. The molecule has 0 saturated carbocycles. The number of allylic oxidation sites excluding steroid dienone is 1. The Labute approximate surface area is 188 Å². The molecule has 1 atom stereocenters. The number of anilines is 1. The van der Waals surface area contributed by atoms with Crippen molar-refractivity contribution >= 4 is 39.5 Å². The molecule has 10 heteroatoms. The Kier molecular flexibility index (Phi) is 7.30. The highest BCUT2D eigenvalue weighted by Crippen LogP contribution is 2.42. The lowest BCUT2D eigenvalue weighted by Gasteiger charge is -2.28. The van der Waals surface area contributed by atoms with E-state index in [1.54, 1.807) is 23.6 Å². The van der Waals surface area contributed by atoms with Gasteiger partial charge in [-0.25, -0.2) is 4.68 Å². The molecule has 0 radical (unpaired) electrons. The zero-order chi connectivity index (χ0) is 21.8. The van der Waals surface area contributed by atoms with E-state index < -0.39 is 11.9 Å². The molecule has 0 aliphatic carbocycles. The monoisotopic (exact) mass is 495 g/mol. The largest absolute Gasteiger partial charge is 0.493 e. The van der Waals surface area contributed by atoms with Crippen molar-refractivity contribution in [3.8, 4) is 11.5 Å². The van der Waals surface area contributed by atoms with Gasteiger partial charge in [0.2, 0.25) is 17.0 Å². The predicted octanol–water partition coefficient (Wildman–Crippen LogP) is 4.11. The van der Waals surface area contributed by atoms with Crippen molar-refractivity contribution in [2.24, 2.45) is 5.73 Å². The van der Waals surface area contributed by atoms with E-state index in [0.29, 0.717) is 40.5 Å². The lowest BCUT2D eigenvalue weighted by molar-refractivity contribution is -0.115. The SMILES string of the molecule is CCCCSc1nc2n(n1)C(c1cc(Br)c(OCC)c(OC)c1)C(C(N)=O)=C(C)N2. The minimum atomic E-state index is -0.535. The average Bonchev–Trinajstić information content (AvgIpc) is 3.10. The van der Waals surface area contributed by atoms with Crippen LogP contribution in [0, 0.1) is 0 Å². The van der Waals surface area contributed by atoms with Crippen LogP contribution in [-0.2, 0) is 4.79 Å². The molecule has 162 valence electrons. The molecule has 0 bridgehead atoms. The highest BCUT2D eigenvalue weighted by Gasteiger charge is 2.34. The second kappa shape index (κ2) is 9.74. The first-order chi connectivity index (χ1) is 14.4. The first-order valence-corrected chi connectivity index (χ1v) is 11.6. The van der Waals surface area contributed by atoms with E-state index in [-0.39, 0.29) is 0 Å². The smallest absolute Gasteiger partial charge is 0.248 e. The van der Waals surface area contributed by atoms with Crippen molar-refractivity contribution in [3.05, 3.63) is 33.4 Å². The number of primary amides is 1. The van der Waals surface area contributed by atoms with Gasteiger partial charge in [-0.2, -0.15) is 4.98 Å². The summed E-state index contributed by atoms with van der Waals surface area (Å²) in [7, 11) is 1.58.